The zero-order valence-electron chi connectivity index (χ0n) is 15.6. The van der Waals surface area contributed by atoms with Gasteiger partial charge < -0.3 is 10.1 Å². The van der Waals surface area contributed by atoms with E-state index in [2.05, 4.69) is 15.3 Å². The minimum absolute atomic E-state index is 0.00938. The molecule has 2 rings (SSSR count). The molecule has 0 saturated carbocycles. The highest BCUT2D eigenvalue weighted by atomic mass is 32.2. The van der Waals surface area contributed by atoms with Gasteiger partial charge >= 0.3 is 5.97 Å². The van der Waals surface area contributed by atoms with Gasteiger partial charge in [0.15, 0.2) is 17.0 Å². The summed E-state index contributed by atoms with van der Waals surface area (Å²) in [5.74, 6) is -1.24. The van der Waals surface area contributed by atoms with Gasteiger partial charge in [0.1, 0.15) is 0 Å². The lowest BCUT2D eigenvalue weighted by molar-refractivity contribution is -0.150. The highest BCUT2D eigenvalue weighted by Gasteiger charge is 2.20. The molecule has 27 heavy (non-hydrogen) atoms. The summed E-state index contributed by atoms with van der Waals surface area (Å²) >= 11 is 1.15. The van der Waals surface area contributed by atoms with Crippen molar-refractivity contribution in [3.8, 4) is 0 Å². The molecule has 1 N–H and O–H groups in total. The SMILES string of the molecule is CC(=O)c1ccccc1NC(=O)[C@H](C)OC(=O)CSc1nc(C)cc(C)n1. The Hall–Kier alpha value is -2.74. The first kappa shape index (κ1) is 20.6. The fourth-order valence-corrected chi connectivity index (χ4v) is 3.03. The van der Waals surface area contributed by atoms with Crippen LogP contribution in [0.5, 0.6) is 0 Å². The van der Waals surface area contributed by atoms with Crippen LogP contribution in [0.2, 0.25) is 0 Å². The van der Waals surface area contributed by atoms with Crippen LogP contribution in [0.25, 0.3) is 0 Å². The Morgan fingerprint density at radius 1 is 1.15 bits per heavy atom. The molecule has 2 aromatic rings. The van der Waals surface area contributed by atoms with E-state index in [-0.39, 0.29) is 11.5 Å². The van der Waals surface area contributed by atoms with Crippen LogP contribution in [0, 0.1) is 13.8 Å². The number of para-hydroxylation sites is 1. The number of aromatic nitrogens is 2. The summed E-state index contributed by atoms with van der Waals surface area (Å²) in [7, 11) is 0. The average Bonchev–Trinajstić information content (AvgIpc) is 2.59. The molecular formula is C19H21N3O4S. The van der Waals surface area contributed by atoms with E-state index in [1.807, 2.05) is 19.9 Å². The van der Waals surface area contributed by atoms with Crippen LogP contribution in [0.1, 0.15) is 35.6 Å². The van der Waals surface area contributed by atoms with Gasteiger partial charge in [0.05, 0.1) is 11.4 Å². The van der Waals surface area contributed by atoms with E-state index in [4.69, 9.17) is 4.74 Å². The molecule has 0 radical (unpaired) electrons. The maximum absolute atomic E-state index is 12.3. The second-order valence-corrected chi connectivity index (χ2v) is 6.89. The number of anilines is 1. The van der Waals surface area contributed by atoms with Crippen LogP contribution in [-0.2, 0) is 14.3 Å². The monoisotopic (exact) mass is 387 g/mol. The summed E-state index contributed by atoms with van der Waals surface area (Å²) in [5, 5.41) is 3.10. The first-order chi connectivity index (χ1) is 12.8. The number of carbonyl (C=O) groups is 3. The van der Waals surface area contributed by atoms with E-state index < -0.39 is 18.0 Å². The van der Waals surface area contributed by atoms with Crippen molar-refractivity contribution in [2.24, 2.45) is 0 Å². The number of hydrogen-bond donors (Lipinski definition) is 1. The van der Waals surface area contributed by atoms with Crippen LogP contribution >= 0.6 is 11.8 Å². The molecule has 1 heterocycles. The molecule has 7 nitrogen and oxygen atoms in total. The fourth-order valence-electron chi connectivity index (χ4n) is 2.30. The number of nitrogens with one attached hydrogen (secondary N) is 1. The molecule has 1 amide bonds. The maximum atomic E-state index is 12.3. The molecule has 0 unspecified atom stereocenters. The van der Waals surface area contributed by atoms with Gasteiger partial charge in [-0.25, -0.2) is 9.97 Å². The molecule has 0 bridgehead atoms. The Bertz CT molecular complexity index is 850. The second-order valence-electron chi connectivity index (χ2n) is 5.95. The van der Waals surface area contributed by atoms with Gasteiger partial charge in [0, 0.05) is 17.0 Å². The molecule has 0 aliphatic heterocycles. The van der Waals surface area contributed by atoms with Gasteiger partial charge in [-0.3, -0.25) is 14.4 Å². The van der Waals surface area contributed by atoms with Gasteiger partial charge in [0.2, 0.25) is 0 Å². The molecule has 0 aliphatic rings. The Morgan fingerprint density at radius 2 is 1.78 bits per heavy atom. The van der Waals surface area contributed by atoms with E-state index in [9.17, 15) is 14.4 Å². The van der Waals surface area contributed by atoms with Crippen molar-refractivity contribution in [1.82, 2.24) is 9.97 Å². The second kappa shape index (κ2) is 9.27. The Labute approximate surface area is 161 Å². The first-order valence-corrected chi connectivity index (χ1v) is 9.30. The van der Waals surface area contributed by atoms with Crippen LogP contribution in [-0.4, -0.2) is 39.5 Å². The molecule has 0 aliphatic carbocycles. The molecule has 1 aromatic heterocycles. The fraction of sp³-hybridized carbons (Fsp3) is 0.316. The van der Waals surface area contributed by atoms with E-state index in [0.717, 1.165) is 23.1 Å². The third-order valence-electron chi connectivity index (χ3n) is 3.52. The lowest BCUT2D eigenvalue weighted by Crippen LogP contribution is -2.31. The summed E-state index contributed by atoms with van der Waals surface area (Å²) in [4.78, 5) is 44.3. The molecule has 0 fully saturated rings. The summed E-state index contributed by atoms with van der Waals surface area (Å²) in [5.41, 5.74) is 2.41. The predicted octanol–water partition coefficient (Wildman–Crippen LogP) is 2.96. The Kier molecular flexibility index (Phi) is 7.06. The average molecular weight is 387 g/mol. The quantitative estimate of drug-likeness (QED) is 0.337. The summed E-state index contributed by atoms with van der Waals surface area (Å²) in [6.45, 7) is 6.59. The highest BCUT2D eigenvalue weighted by molar-refractivity contribution is 7.99. The molecular weight excluding hydrogens is 366 g/mol. The molecule has 0 saturated heterocycles. The van der Waals surface area contributed by atoms with Crippen LogP contribution < -0.4 is 5.32 Å². The molecule has 142 valence electrons. The number of aryl methyl sites for hydroxylation is 2. The van der Waals surface area contributed by atoms with Crippen molar-refractivity contribution < 1.29 is 19.1 Å². The molecule has 0 spiro atoms. The number of ketones is 1. The molecule has 1 aromatic carbocycles. The number of amides is 1. The largest absolute Gasteiger partial charge is 0.452 e. The third-order valence-corrected chi connectivity index (χ3v) is 4.34. The van der Waals surface area contributed by atoms with Gasteiger partial charge in [-0.05, 0) is 45.9 Å². The highest BCUT2D eigenvalue weighted by Crippen LogP contribution is 2.17. The summed E-state index contributed by atoms with van der Waals surface area (Å²) in [6, 6.07) is 8.50. The Balaban J connectivity index is 1.90. The number of esters is 1. The number of rotatable bonds is 7. The molecule has 8 heteroatoms. The zero-order chi connectivity index (χ0) is 20.0. The summed E-state index contributed by atoms with van der Waals surface area (Å²) in [6.07, 6.45) is -1.00. The van der Waals surface area contributed by atoms with Crippen molar-refractivity contribution in [2.45, 2.75) is 39.0 Å². The van der Waals surface area contributed by atoms with Gasteiger partial charge in [-0.15, -0.1) is 0 Å². The summed E-state index contributed by atoms with van der Waals surface area (Å²) < 4.78 is 5.15. The van der Waals surface area contributed by atoms with Crippen molar-refractivity contribution in [2.75, 3.05) is 11.1 Å². The van der Waals surface area contributed by atoms with Crippen molar-refractivity contribution in [3.63, 3.8) is 0 Å². The van der Waals surface area contributed by atoms with E-state index in [0.29, 0.717) is 16.4 Å². The molecule has 1 atom stereocenters. The van der Waals surface area contributed by atoms with Crippen molar-refractivity contribution in [1.29, 1.82) is 0 Å². The van der Waals surface area contributed by atoms with E-state index in [1.54, 1.807) is 24.3 Å². The number of Topliss-reactive ketones (excluding diaryl/α,β-unsaturated/α-hetero) is 1. The number of hydrogen-bond acceptors (Lipinski definition) is 7. The van der Waals surface area contributed by atoms with Crippen LogP contribution in [0.15, 0.2) is 35.5 Å². The van der Waals surface area contributed by atoms with Gasteiger partial charge in [0.25, 0.3) is 5.91 Å². The minimum Gasteiger partial charge on any atom is -0.452 e. The maximum Gasteiger partial charge on any atom is 0.317 e. The van der Waals surface area contributed by atoms with Crippen molar-refractivity contribution >= 4 is 35.1 Å². The van der Waals surface area contributed by atoms with Crippen molar-refractivity contribution in [3.05, 3.63) is 47.3 Å². The Morgan fingerprint density at radius 3 is 2.41 bits per heavy atom. The third kappa shape index (κ3) is 6.18. The van der Waals surface area contributed by atoms with Crippen LogP contribution in [0.3, 0.4) is 0 Å². The number of benzene rings is 1. The standard InChI is InChI=1S/C19H21N3O4S/c1-11-9-12(2)21-19(20-11)27-10-17(24)26-14(4)18(25)22-16-8-6-5-7-15(16)13(3)23/h5-9,14H,10H2,1-4H3,(H,22,25)/t14-/m0/s1. The number of nitrogens with zero attached hydrogens (tertiary/aromatic N) is 2. The lowest BCUT2D eigenvalue weighted by Gasteiger charge is -2.14. The zero-order valence-corrected chi connectivity index (χ0v) is 16.4. The van der Waals surface area contributed by atoms with Gasteiger partial charge in [-0.2, -0.15) is 0 Å². The van der Waals surface area contributed by atoms with Gasteiger partial charge in [-0.1, -0.05) is 23.9 Å². The lowest BCUT2D eigenvalue weighted by atomic mass is 10.1. The smallest absolute Gasteiger partial charge is 0.317 e. The van der Waals surface area contributed by atoms with Crippen LogP contribution in [0.4, 0.5) is 5.69 Å². The minimum atomic E-state index is -1.00. The number of ether oxygens (including phenoxy) is 1. The van der Waals surface area contributed by atoms with E-state index >= 15 is 0 Å². The van der Waals surface area contributed by atoms with E-state index in [1.165, 1.54) is 13.8 Å². The number of carbonyl (C=O) groups excluding carboxylic acids is 3. The number of thioether (sulfide) groups is 1. The predicted molar refractivity (Wildman–Crippen MR) is 103 cm³/mol. The normalized spacial score (nSPS) is 11.6. The topological polar surface area (TPSA) is 98.2 Å². The first-order valence-electron chi connectivity index (χ1n) is 8.31.